The summed E-state index contributed by atoms with van der Waals surface area (Å²) in [5, 5.41) is 11.9. The van der Waals surface area contributed by atoms with E-state index in [0.29, 0.717) is 33.2 Å². The van der Waals surface area contributed by atoms with Crippen LogP contribution in [0.2, 0.25) is 5.02 Å². The number of carbonyl (C=O) groups excluding carboxylic acids is 2. The van der Waals surface area contributed by atoms with Crippen LogP contribution in [0.15, 0.2) is 85.3 Å². The summed E-state index contributed by atoms with van der Waals surface area (Å²) in [5.74, 6) is -1.02. The van der Waals surface area contributed by atoms with Crippen LogP contribution in [0, 0.1) is 6.92 Å². The number of carbonyl (C=O) groups is 2. The fraction of sp³-hybridized carbons (Fsp3) is 0.0833. The van der Waals surface area contributed by atoms with Crippen LogP contribution in [0.5, 0.6) is 0 Å². The molecule has 0 spiro atoms. The number of benzene rings is 2. The second-order valence-electron chi connectivity index (χ2n) is 7.39. The molecule has 5 rings (SSSR count). The Hall–Kier alpha value is -3.29. The molecule has 6 nitrogen and oxygen atoms in total. The van der Waals surface area contributed by atoms with Gasteiger partial charge >= 0.3 is 0 Å². The van der Waals surface area contributed by atoms with E-state index in [4.69, 9.17) is 20.4 Å². The van der Waals surface area contributed by atoms with Crippen LogP contribution in [0.1, 0.15) is 28.1 Å². The highest BCUT2D eigenvalue weighted by Gasteiger charge is 2.47. The number of ketones is 1. The molecule has 0 fully saturated rings. The zero-order valence-electron chi connectivity index (χ0n) is 16.6. The number of nitrogens with zero attached hydrogens (tertiary/aromatic N) is 1. The maximum atomic E-state index is 13.5. The number of aryl methyl sites for hydroxylation is 1. The second kappa shape index (κ2) is 7.69. The van der Waals surface area contributed by atoms with E-state index in [1.165, 1.54) is 4.90 Å². The molecule has 0 saturated carbocycles. The predicted octanol–water partition coefficient (Wildman–Crippen LogP) is 6.53. The molecule has 1 aliphatic heterocycles. The molecule has 160 valence electrons. The van der Waals surface area contributed by atoms with Crippen LogP contribution in [0.25, 0.3) is 11.0 Å². The standard InChI is InChI=1S/C24H15BrClNO5/c1-12-5-7-18(31-12)21-20(22(28)19-10-13-9-15(26)6-8-17(13)32-19)23(29)24(30)27(21)16-4-2-3-14(25)11-16/h2-11,21,29H,1H3. The Labute approximate surface area is 195 Å². The Morgan fingerprint density at radius 1 is 1.09 bits per heavy atom. The molecule has 32 heavy (non-hydrogen) atoms. The van der Waals surface area contributed by atoms with Crippen LogP contribution in [-0.2, 0) is 4.79 Å². The van der Waals surface area contributed by atoms with Gasteiger partial charge in [-0.05, 0) is 61.5 Å². The summed E-state index contributed by atoms with van der Waals surface area (Å²) in [6, 6.07) is 16.0. The van der Waals surface area contributed by atoms with Gasteiger partial charge in [0.2, 0.25) is 5.78 Å². The van der Waals surface area contributed by atoms with Gasteiger partial charge < -0.3 is 13.9 Å². The third kappa shape index (κ3) is 3.34. The molecule has 8 heteroatoms. The van der Waals surface area contributed by atoms with E-state index in [1.807, 2.05) is 6.07 Å². The fourth-order valence-corrected chi connectivity index (χ4v) is 4.43. The molecule has 2 aromatic heterocycles. The molecular weight excluding hydrogens is 498 g/mol. The Morgan fingerprint density at radius 3 is 2.62 bits per heavy atom. The van der Waals surface area contributed by atoms with Crippen molar-refractivity contribution in [1.82, 2.24) is 0 Å². The van der Waals surface area contributed by atoms with Crippen molar-refractivity contribution in [3.8, 4) is 0 Å². The summed E-state index contributed by atoms with van der Waals surface area (Å²) in [5.41, 5.74) is 0.847. The number of amides is 1. The quantitative estimate of drug-likeness (QED) is 0.314. The lowest BCUT2D eigenvalue weighted by atomic mass is 9.99. The van der Waals surface area contributed by atoms with Crippen molar-refractivity contribution in [2.45, 2.75) is 13.0 Å². The number of halogens is 2. The molecule has 1 unspecified atom stereocenters. The molecule has 3 heterocycles. The van der Waals surface area contributed by atoms with Crippen molar-refractivity contribution in [1.29, 1.82) is 0 Å². The van der Waals surface area contributed by atoms with Gasteiger partial charge in [0.25, 0.3) is 5.91 Å². The first-order valence-corrected chi connectivity index (χ1v) is 10.8. The van der Waals surface area contributed by atoms with Gasteiger partial charge in [-0.3, -0.25) is 14.5 Å². The first-order valence-electron chi connectivity index (χ1n) is 9.66. The minimum atomic E-state index is -0.963. The van der Waals surface area contributed by atoms with Crippen LogP contribution >= 0.6 is 27.5 Å². The summed E-state index contributed by atoms with van der Waals surface area (Å²) in [4.78, 5) is 28.0. The topological polar surface area (TPSA) is 83.9 Å². The highest BCUT2D eigenvalue weighted by molar-refractivity contribution is 9.10. The minimum absolute atomic E-state index is 0.0130. The molecule has 1 N–H and O–H groups in total. The minimum Gasteiger partial charge on any atom is -0.503 e. The molecule has 0 bridgehead atoms. The third-order valence-corrected chi connectivity index (χ3v) is 6.00. The van der Waals surface area contributed by atoms with Gasteiger partial charge in [-0.15, -0.1) is 0 Å². The van der Waals surface area contributed by atoms with Crippen LogP contribution < -0.4 is 4.90 Å². The van der Waals surface area contributed by atoms with Gasteiger partial charge in [0.1, 0.15) is 23.1 Å². The molecule has 0 radical (unpaired) electrons. The van der Waals surface area contributed by atoms with Gasteiger partial charge in [0.05, 0.1) is 5.57 Å². The number of hydrogen-bond acceptors (Lipinski definition) is 5. The number of fused-ring (bicyclic) bond motifs is 1. The maximum Gasteiger partial charge on any atom is 0.294 e. The van der Waals surface area contributed by atoms with Crippen LogP contribution in [0.3, 0.4) is 0 Å². The number of hydrogen-bond donors (Lipinski definition) is 1. The second-order valence-corrected chi connectivity index (χ2v) is 8.74. The first-order chi connectivity index (χ1) is 15.3. The zero-order valence-corrected chi connectivity index (χ0v) is 19.0. The number of rotatable bonds is 4. The SMILES string of the molecule is Cc1ccc(C2C(C(=O)c3cc4cc(Cl)ccc4o3)=C(O)C(=O)N2c2cccc(Br)c2)o1. The van der Waals surface area contributed by atoms with Crippen molar-refractivity contribution in [2.75, 3.05) is 4.90 Å². The predicted molar refractivity (Wildman–Crippen MR) is 123 cm³/mol. The van der Waals surface area contributed by atoms with Gasteiger partial charge in [-0.1, -0.05) is 33.6 Å². The average molecular weight is 513 g/mol. The Morgan fingerprint density at radius 2 is 1.91 bits per heavy atom. The van der Waals surface area contributed by atoms with E-state index in [-0.39, 0.29) is 11.3 Å². The fourth-order valence-electron chi connectivity index (χ4n) is 3.86. The van der Waals surface area contributed by atoms with E-state index in [9.17, 15) is 14.7 Å². The third-order valence-electron chi connectivity index (χ3n) is 5.27. The monoisotopic (exact) mass is 511 g/mol. The molecule has 0 aliphatic carbocycles. The van der Waals surface area contributed by atoms with Crippen LogP contribution in [-0.4, -0.2) is 16.8 Å². The highest BCUT2D eigenvalue weighted by atomic mass is 79.9. The van der Waals surface area contributed by atoms with Gasteiger partial charge in [0, 0.05) is 20.6 Å². The summed E-state index contributed by atoms with van der Waals surface area (Å²) < 4.78 is 12.2. The lowest BCUT2D eigenvalue weighted by Crippen LogP contribution is -2.30. The van der Waals surface area contributed by atoms with Crippen molar-refractivity contribution >= 4 is 55.9 Å². The number of anilines is 1. The molecule has 1 aliphatic rings. The number of furan rings is 2. The maximum absolute atomic E-state index is 13.5. The van der Waals surface area contributed by atoms with Crippen molar-refractivity contribution in [2.24, 2.45) is 0 Å². The number of Topliss-reactive ketones (excluding diaryl/α,β-unsaturated/α-hetero) is 1. The van der Waals surface area contributed by atoms with E-state index in [2.05, 4.69) is 15.9 Å². The molecular formula is C24H15BrClNO5. The smallest absolute Gasteiger partial charge is 0.294 e. The zero-order chi connectivity index (χ0) is 22.6. The first kappa shape index (κ1) is 20.6. The van der Waals surface area contributed by atoms with E-state index in [0.717, 1.165) is 4.47 Å². The molecule has 1 amide bonds. The summed E-state index contributed by atoms with van der Waals surface area (Å²) in [7, 11) is 0. The molecule has 0 saturated heterocycles. The van der Waals surface area contributed by atoms with Crippen molar-refractivity contribution < 1.29 is 23.5 Å². The van der Waals surface area contributed by atoms with Gasteiger partial charge in [0.15, 0.2) is 11.5 Å². The molecule has 4 aromatic rings. The Bertz CT molecular complexity index is 1430. The number of aliphatic hydroxyl groups is 1. The summed E-state index contributed by atoms with van der Waals surface area (Å²) in [6.07, 6.45) is 0. The van der Waals surface area contributed by atoms with Gasteiger partial charge in [-0.25, -0.2) is 0 Å². The average Bonchev–Trinajstić information content (AvgIpc) is 3.44. The lowest BCUT2D eigenvalue weighted by Gasteiger charge is -2.25. The Balaban J connectivity index is 1.66. The number of aliphatic hydroxyl groups excluding tert-OH is 1. The van der Waals surface area contributed by atoms with E-state index < -0.39 is 23.5 Å². The van der Waals surface area contributed by atoms with Crippen molar-refractivity contribution in [3.05, 3.63) is 98.8 Å². The lowest BCUT2D eigenvalue weighted by molar-refractivity contribution is -0.117. The molecule has 2 aromatic carbocycles. The van der Waals surface area contributed by atoms with E-state index in [1.54, 1.807) is 61.5 Å². The summed E-state index contributed by atoms with van der Waals surface area (Å²) in [6.45, 7) is 1.76. The molecule has 1 atom stereocenters. The highest BCUT2D eigenvalue weighted by Crippen LogP contribution is 2.43. The largest absolute Gasteiger partial charge is 0.503 e. The van der Waals surface area contributed by atoms with Crippen LogP contribution in [0.4, 0.5) is 5.69 Å². The Kier molecular flexibility index (Phi) is 4.95. The van der Waals surface area contributed by atoms with Crippen molar-refractivity contribution in [3.63, 3.8) is 0 Å². The van der Waals surface area contributed by atoms with E-state index >= 15 is 0 Å². The summed E-state index contributed by atoms with van der Waals surface area (Å²) >= 11 is 9.44. The normalized spacial score (nSPS) is 16.4. The van der Waals surface area contributed by atoms with Gasteiger partial charge in [-0.2, -0.15) is 0 Å².